The first-order valence-corrected chi connectivity index (χ1v) is 8.97. The van der Waals surface area contributed by atoms with Crippen molar-refractivity contribution in [1.29, 1.82) is 5.41 Å². The first-order chi connectivity index (χ1) is 10.8. The Morgan fingerprint density at radius 1 is 1.22 bits per heavy atom. The quantitative estimate of drug-likeness (QED) is 0.561. The summed E-state index contributed by atoms with van der Waals surface area (Å²) in [5.41, 5.74) is 5.57. The van der Waals surface area contributed by atoms with Crippen LogP contribution in [0.4, 0.5) is 0 Å². The van der Waals surface area contributed by atoms with Crippen LogP contribution in [0, 0.1) is 5.41 Å². The Morgan fingerprint density at radius 2 is 1.78 bits per heavy atom. The summed E-state index contributed by atoms with van der Waals surface area (Å²) in [4.78, 5) is 11.2. The lowest BCUT2D eigenvalue weighted by molar-refractivity contribution is -0.119. The van der Waals surface area contributed by atoms with Crippen LogP contribution in [-0.2, 0) is 14.8 Å². The molecule has 2 rings (SSSR count). The van der Waals surface area contributed by atoms with Gasteiger partial charge in [-0.3, -0.25) is 10.2 Å². The molecule has 0 bridgehead atoms. The molecule has 4 N–H and O–H groups in total. The highest BCUT2D eigenvalue weighted by Crippen LogP contribution is 2.27. The van der Waals surface area contributed by atoms with E-state index in [2.05, 4.69) is 5.32 Å². The van der Waals surface area contributed by atoms with Gasteiger partial charge < -0.3 is 11.1 Å². The standard InChI is InChI=1S/C15H22N4O3S/c1-11(20)18-12-7-9-13(10-8-12)19(15(16)17)23(21,22)14-5-3-2-4-6-14/h2-6,12-13H,7-10H2,1H3,(H3,16,17)(H,18,20). The van der Waals surface area contributed by atoms with Crippen LogP contribution in [0.25, 0.3) is 0 Å². The summed E-state index contributed by atoms with van der Waals surface area (Å²) < 4.78 is 26.5. The van der Waals surface area contributed by atoms with Crippen molar-refractivity contribution < 1.29 is 13.2 Å². The van der Waals surface area contributed by atoms with Gasteiger partial charge in [-0.05, 0) is 37.8 Å². The Bertz CT molecular complexity index is 667. The minimum atomic E-state index is -3.84. The summed E-state index contributed by atoms with van der Waals surface area (Å²) in [6, 6.07) is 7.69. The molecule has 0 spiro atoms. The Hall–Kier alpha value is -2.09. The number of benzene rings is 1. The largest absolute Gasteiger partial charge is 0.369 e. The summed E-state index contributed by atoms with van der Waals surface area (Å²) >= 11 is 0. The zero-order valence-electron chi connectivity index (χ0n) is 13.0. The molecular weight excluding hydrogens is 316 g/mol. The van der Waals surface area contributed by atoms with Crippen molar-refractivity contribution in [3.8, 4) is 0 Å². The summed E-state index contributed by atoms with van der Waals surface area (Å²) in [6.45, 7) is 1.47. The number of hydrogen-bond donors (Lipinski definition) is 3. The lowest BCUT2D eigenvalue weighted by atomic mass is 9.91. The SMILES string of the molecule is CC(=O)NC1CCC(N(C(=N)N)S(=O)(=O)c2ccccc2)CC1. The first-order valence-electron chi connectivity index (χ1n) is 7.53. The molecule has 0 aliphatic heterocycles. The molecule has 0 saturated heterocycles. The smallest absolute Gasteiger partial charge is 0.266 e. The van der Waals surface area contributed by atoms with E-state index in [1.165, 1.54) is 19.1 Å². The van der Waals surface area contributed by atoms with Gasteiger partial charge in [-0.2, -0.15) is 0 Å². The van der Waals surface area contributed by atoms with Gasteiger partial charge in [0.05, 0.1) is 4.90 Å². The molecule has 0 unspecified atom stereocenters. The number of guanidine groups is 1. The molecule has 0 heterocycles. The van der Waals surface area contributed by atoms with E-state index in [1.54, 1.807) is 18.2 Å². The highest BCUT2D eigenvalue weighted by atomic mass is 32.2. The molecule has 7 nitrogen and oxygen atoms in total. The molecule has 1 fully saturated rings. The molecule has 1 aliphatic carbocycles. The van der Waals surface area contributed by atoms with Gasteiger partial charge in [-0.15, -0.1) is 0 Å². The Morgan fingerprint density at radius 3 is 2.26 bits per heavy atom. The van der Waals surface area contributed by atoms with E-state index in [1.807, 2.05) is 0 Å². The van der Waals surface area contributed by atoms with Gasteiger partial charge in [0.25, 0.3) is 10.0 Å². The molecule has 1 aromatic carbocycles. The number of nitrogens with one attached hydrogen (secondary N) is 2. The number of rotatable bonds is 4. The Kier molecular flexibility index (Phi) is 5.25. The minimum Gasteiger partial charge on any atom is -0.369 e. The third-order valence-electron chi connectivity index (χ3n) is 3.97. The normalized spacial score (nSPS) is 21.4. The molecular formula is C15H22N4O3S. The maximum Gasteiger partial charge on any atom is 0.266 e. The van der Waals surface area contributed by atoms with Crippen molar-refractivity contribution >= 4 is 21.9 Å². The van der Waals surface area contributed by atoms with E-state index in [4.69, 9.17) is 11.1 Å². The number of hydrogen-bond acceptors (Lipinski definition) is 4. The van der Waals surface area contributed by atoms with Crippen molar-refractivity contribution in [3.63, 3.8) is 0 Å². The fourth-order valence-electron chi connectivity index (χ4n) is 2.97. The summed E-state index contributed by atoms with van der Waals surface area (Å²) in [5, 5.41) is 10.6. The minimum absolute atomic E-state index is 0.0528. The predicted molar refractivity (Wildman–Crippen MR) is 87.2 cm³/mol. The van der Waals surface area contributed by atoms with Gasteiger partial charge in [-0.25, -0.2) is 12.7 Å². The second-order valence-electron chi connectivity index (χ2n) is 5.71. The van der Waals surface area contributed by atoms with Crippen LogP contribution < -0.4 is 11.1 Å². The second-order valence-corrected chi connectivity index (χ2v) is 7.52. The van der Waals surface area contributed by atoms with Crippen LogP contribution in [0.1, 0.15) is 32.6 Å². The summed E-state index contributed by atoms with van der Waals surface area (Å²) in [7, 11) is -3.84. The number of nitrogens with two attached hydrogens (primary N) is 1. The molecule has 0 radical (unpaired) electrons. The number of sulfonamides is 1. The molecule has 1 amide bonds. The fraction of sp³-hybridized carbons (Fsp3) is 0.467. The molecule has 1 aromatic rings. The molecule has 1 aliphatic rings. The first kappa shape index (κ1) is 17.3. The number of nitrogens with zero attached hydrogens (tertiary/aromatic N) is 1. The maximum absolute atomic E-state index is 12.8. The van der Waals surface area contributed by atoms with Gasteiger partial charge in [0.1, 0.15) is 0 Å². The van der Waals surface area contributed by atoms with E-state index in [0.717, 1.165) is 4.31 Å². The third-order valence-corrected chi connectivity index (χ3v) is 5.85. The summed E-state index contributed by atoms with van der Waals surface area (Å²) in [6.07, 6.45) is 2.43. The van der Waals surface area contributed by atoms with Crippen molar-refractivity contribution in [2.75, 3.05) is 0 Å². The van der Waals surface area contributed by atoms with Crippen LogP contribution in [0.2, 0.25) is 0 Å². The maximum atomic E-state index is 12.8. The number of carbonyl (C=O) groups is 1. The van der Waals surface area contributed by atoms with Crippen LogP contribution in [0.15, 0.2) is 35.2 Å². The average Bonchev–Trinajstić information content (AvgIpc) is 2.49. The monoisotopic (exact) mass is 338 g/mol. The molecule has 23 heavy (non-hydrogen) atoms. The number of carbonyl (C=O) groups excluding carboxylic acids is 1. The van der Waals surface area contributed by atoms with E-state index in [-0.39, 0.29) is 22.9 Å². The van der Waals surface area contributed by atoms with Crippen molar-refractivity contribution in [3.05, 3.63) is 30.3 Å². The molecule has 8 heteroatoms. The van der Waals surface area contributed by atoms with Crippen LogP contribution >= 0.6 is 0 Å². The molecule has 126 valence electrons. The van der Waals surface area contributed by atoms with Crippen molar-refractivity contribution in [2.45, 2.75) is 49.6 Å². The van der Waals surface area contributed by atoms with Crippen LogP contribution in [0.3, 0.4) is 0 Å². The Labute approximate surface area is 136 Å². The second kappa shape index (κ2) is 6.99. The van der Waals surface area contributed by atoms with E-state index >= 15 is 0 Å². The zero-order valence-corrected chi connectivity index (χ0v) is 13.8. The fourth-order valence-corrected chi connectivity index (χ4v) is 4.56. The van der Waals surface area contributed by atoms with Gasteiger partial charge in [0.2, 0.25) is 11.9 Å². The molecule has 0 aromatic heterocycles. The lowest BCUT2D eigenvalue weighted by Crippen LogP contribution is -2.50. The highest BCUT2D eigenvalue weighted by molar-refractivity contribution is 7.89. The van der Waals surface area contributed by atoms with Crippen molar-refractivity contribution in [1.82, 2.24) is 9.62 Å². The van der Waals surface area contributed by atoms with Gasteiger partial charge >= 0.3 is 0 Å². The highest BCUT2D eigenvalue weighted by Gasteiger charge is 2.35. The molecule has 1 saturated carbocycles. The topological polar surface area (TPSA) is 116 Å². The van der Waals surface area contributed by atoms with Gasteiger partial charge in [0.15, 0.2) is 0 Å². The zero-order chi connectivity index (χ0) is 17.0. The third kappa shape index (κ3) is 4.01. The number of amides is 1. The predicted octanol–water partition coefficient (Wildman–Crippen LogP) is 1.02. The van der Waals surface area contributed by atoms with Gasteiger partial charge in [0, 0.05) is 19.0 Å². The van der Waals surface area contributed by atoms with Crippen molar-refractivity contribution in [2.24, 2.45) is 5.73 Å². The van der Waals surface area contributed by atoms with Gasteiger partial charge in [-0.1, -0.05) is 18.2 Å². The summed E-state index contributed by atoms with van der Waals surface area (Å²) in [5.74, 6) is -0.564. The van der Waals surface area contributed by atoms with E-state index < -0.39 is 16.0 Å². The lowest BCUT2D eigenvalue weighted by Gasteiger charge is -2.36. The van der Waals surface area contributed by atoms with E-state index in [0.29, 0.717) is 25.7 Å². The van der Waals surface area contributed by atoms with Crippen LogP contribution in [-0.4, -0.2) is 36.7 Å². The Balaban J connectivity index is 2.18. The van der Waals surface area contributed by atoms with Crippen LogP contribution in [0.5, 0.6) is 0 Å². The molecule has 0 atom stereocenters. The average molecular weight is 338 g/mol. The van der Waals surface area contributed by atoms with E-state index in [9.17, 15) is 13.2 Å².